The molecule has 0 rings (SSSR count). The summed E-state index contributed by atoms with van der Waals surface area (Å²) in [6.07, 6.45) is 6.35. The van der Waals surface area contributed by atoms with Crippen LogP contribution in [0, 0.1) is 5.92 Å². The van der Waals surface area contributed by atoms with E-state index in [-0.39, 0.29) is 5.92 Å². The Labute approximate surface area is 77.8 Å². The molecule has 0 N–H and O–H groups in total. The van der Waals surface area contributed by atoms with Crippen molar-refractivity contribution in [3.63, 3.8) is 0 Å². The third-order valence-corrected chi connectivity index (χ3v) is 1.86. The molecule has 3 heteroatoms. The van der Waals surface area contributed by atoms with Gasteiger partial charge in [-0.05, 0) is 25.2 Å². The van der Waals surface area contributed by atoms with Crippen molar-refractivity contribution in [2.75, 3.05) is 0 Å². The second kappa shape index (κ2) is 8.88. The van der Waals surface area contributed by atoms with Crippen LogP contribution in [-0.4, -0.2) is 18.5 Å². The second-order valence-corrected chi connectivity index (χ2v) is 2.89. The van der Waals surface area contributed by atoms with Crippen LogP contribution >= 0.6 is 0 Å². The van der Waals surface area contributed by atoms with E-state index < -0.39 is 0 Å². The summed E-state index contributed by atoms with van der Waals surface area (Å²) in [6, 6.07) is 0. The van der Waals surface area contributed by atoms with Crippen molar-refractivity contribution in [3.8, 4) is 0 Å². The Balaban J connectivity index is 3.71. The summed E-state index contributed by atoms with van der Waals surface area (Å²) < 4.78 is 0. The lowest BCUT2D eigenvalue weighted by Gasteiger charge is -2.06. The summed E-state index contributed by atoms with van der Waals surface area (Å²) in [5, 5.41) is 0. The quantitative estimate of drug-likeness (QED) is 0.323. The fourth-order valence-corrected chi connectivity index (χ4v) is 1.15. The molecule has 0 bridgehead atoms. The first-order valence-corrected chi connectivity index (χ1v) is 4.43. The Morgan fingerprint density at radius 2 is 1.77 bits per heavy atom. The van der Waals surface area contributed by atoms with Crippen molar-refractivity contribution in [2.24, 2.45) is 5.92 Å². The molecular formula is C10H14O3. The Morgan fingerprint density at radius 3 is 2.31 bits per heavy atom. The molecule has 0 saturated heterocycles. The SMILES string of the molecule is O=C=CC(CCC=O)CCCC=O. The second-order valence-electron chi connectivity index (χ2n) is 2.89. The van der Waals surface area contributed by atoms with Gasteiger partial charge in [0.05, 0.1) is 0 Å². The number of hydrogen-bond donors (Lipinski definition) is 0. The molecule has 3 nitrogen and oxygen atoms in total. The third-order valence-electron chi connectivity index (χ3n) is 1.86. The summed E-state index contributed by atoms with van der Waals surface area (Å²) in [7, 11) is 0. The number of aldehydes is 2. The predicted molar refractivity (Wildman–Crippen MR) is 49.0 cm³/mol. The summed E-state index contributed by atoms with van der Waals surface area (Å²) >= 11 is 0. The van der Waals surface area contributed by atoms with Crippen molar-refractivity contribution in [1.82, 2.24) is 0 Å². The van der Waals surface area contributed by atoms with E-state index in [1.165, 1.54) is 6.08 Å². The molecular weight excluding hydrogens is 168 g/mol. The van der Waals surface area contributed by atoms with Gasteiger partial charge in [0.2, 0.25) is 0 Å². The van der Waals surface area contributed by atoms with E-state index in [1.807, 2.05) is 0 Å². The molecule has 1 atom stereocenters. The molecule has 0 aliphatic carbocycles. The van der Waals surface area contributed by atoms with Crippen LogP contribution < -0.4 is 0 Å². The predicted octanol–water partition coefficient (Wildman–Crippen LogP) is 1.34. The van der Waals surface area contributed by atoms with Gasteiger partial charge in [-0.1, -0.05) is 0 Å². The molecule has 0 amide bonds. The van der Waals surface area contributed by atoms with E-state index in [2.05, 4.69) is 0 Å². The van der Waals surface area contributed by atoms with Gasteiger partial charge in [-0.15, -0.1) is 0 Å². The zero-order chi connectivity index (χ0) is 9.94. The molecule has 0 fully saturated rings. The van der Waals surface area contributed by atoms with Gasteiger partial charge in [-0.2, -0.15) is 0 Å². The Hall–Kier alpha value is -1.21. The lowest BCUT2D eigenvalue weighted by atomic mass is 9.97. The van der Waals surface area contributed by atoms with E-state index in [9.17, 15) is 14.4 Å². The van der Waals surface area contributed by atoms with Crippen LogP contribution in [0.2, 0.25) is 0 Å². The van der Waals surface area contributed by atoms with Crippen molar-refractivity contribution in [1.29, 1.82) is 0 Å². The largest absolute Gasteiger partial charge is 0.303 e. The number of hydrogen-bond acceptors (Lipinski definition) is 3. The zero-order valence-electron chi connectivity index (χ0n) is 7.57. The topological polar surface area (TPSA) is 51.2 Å². The zero-order valence-corrected chi connectivity index (χ0v) is 7.57. The van der Waals surface area contributed by atoms with E-state index in [0.717, 1.165) is 25.4 Å². The van der Waals surface area contributed by atoms with E-state index in [4.69, 9.17) is 0 Å². The summed E-state index contributed by atoms with van der Waals surface area (Å²) in [5.74, 6) is 1.82. The van der Waals surface area contributed by atoms with Gasteiger partial charge in [0.15, 0.2) is 0 Å². The molecule has 0 heterocycles. The minimum absolute atomic E-state index is 0.0997. The smallest absolute Gasteiger partial charge is 0.120 e. The molecule has 0 spiro atoms. The van der Waals surface area contributed by atoms with Gasteiger partial charge < -0.3 is 9.59 Å². The van der Waals surface area contributed by atoms with Crippen molar-refractivity contribution in [2.45, 2.75) is 32.1 Å². The number of rotatable bonds is 8. The van der Waals surface area contributed by atoms with Gasteiger partial charge in [-0.3, -0.25) is 0 Å². The van der Waals surface area contributed by atoms with Gasteiger partial charge in [0.25, 0.3) is 0 Å². The standard InChI is InChI=1S/C10H14O3/c11-7-2-1-4-10(6-9-13)5-3-8-12/h6-8,10H,1-5H2. The van der Waals surface area contributed by atoms with Crippen LogP contribution in [0.4, 0.5) is 0 Å². The van der Waals surface area contributed by atoms with E-state index in [1.54, 1.807) is 5.94 Å². The molecule has 0 aromatic rings. The van der Waals surface area contributed by atoms with Crippen LogP contribution in [-0.2, 0) is 14.4 Å². The Kier molecular flexibility index (Phi) is 8.06. The number of unbranched alkanes of at least 4 members (excludes halogenated alkanes) is 1. The average Bonchev–Trinajstić information content (AvgIpc) is 2.14. The first kappa shape index (κ1) is 11.8. The van der Waals surface area contributed by atoms with Crippen LogP contribution in [0.15, 0.2) is 6.08 Å². The third kappa shape index (κ3) is 7.16. The maximum Gasteiger partial charge on any atom is 0.120 e. The number of carbonyl (C=O) groups excluding carboxylic acids is 3. The van der Waals surface area contributed by atoms with E-state index >= 15 is 0 Å². The molecule has 0 saturated carbocycles. The molecule has 0 radical (unpaired) electrons. The van der Waals surface area contributed by atoms with E-state index in [0.29, 0.717) is 19.3 Å². The molecule has 0 aromatic carbocycles. The molecule has 1 unspecified atom stereocenters. The first-order valence-electron chi connectivity index (χ1n) is 4.43. The highest BCUT2D eigenvalue weighted by molar-refractivity contribution is 5.50. The molecule has 0 aliphatic heterocycles. The van der Waals surface area contributed by atoms with Gasteiger partial charge in [0.1, 0.15) is 18.5 Å². The summed E-state index contributed by atoms with van der Waals surface area (Å²) in [4.78, 5) is 30.2. The van der Waals surface area contributed by atoms with Gasteiger partial charge in [-0.25, -0.2) is 4.79 Å². The number of carbonyl (C=O) groups is 2. The van der Waals surface area contributed by atoms with Crippen molar-refractivity contribution < 1.29 is 14.4 Å². The molecule has 72 valence electrons. The monoisotopic (exact) mass is 182 g/mol. The van der Waals surface area contributed by atoms with Crippen LogP contribution in [0.1, 0.15) is 32.1 Å². The maximum absolute atomic E-state index is 10.1. The number of allylic oxidation sites excluding steroid dienone is 1. The Bertz CT molecular complexity index is 192. The maximum atomic E-state index is 10.1. The fraction of sp³-hybridized carbons (Fsp3) is 0.600. The van der Waals surface area contributed by atoms with Gasteiger partial charge in [0, 0.05) is 18.9 Å². The summed E-state index contributed by atoms with van der Waals surface area (Å²) in [5.41, 5.74) is 0. The molecule has 0 aliphatic rings. The highest BCUT2D eigenvalue weighted by Gasteiger charge is 2.04. The lowest BCUT2D eigenvalue weighted by molar-refractivity contribution is -0.109. The molecule has 0 aromatic heterocycles. The van der Waals surface area contributed by atoms with Crippen molar-refractivity contribution in [3.05, 3.63) is 6.08 Å². The highest BCUT2D eigenvalue weighted by atomic mass is 16.1. The van der Waals surface area contributed by atoms with Crippen LogP contribution in [0.5, 0.6) is 0 Å². The fourth-order valence-electron chi connectivity index (χ4n) is 1.15. The first-order chi connectivity index (χ1) is 6.35. The summed E-state index contributed by atoms with van der Waals surface area (Å²) in [6.45, 7) is 0. The van der Waals surface area contributed by atoms with Crippen molar-refractivity contribution >= 4 is 18.5 Å². The minimum atomic E-state index is 0.0997. The Morgan fingerprint density at radius 1 is 1.08 bits per heavy atom. The normalized spacial score (nSPS) is 11.4. The van der Waals surface area contributed by atoms with Crippen LogP contribution in [0.3, 0.4) is 0 Å². The van der Waals surface area contributed by atoms with Gasteiger partial charge >= 0.3 is 0 Å². The highest BCUT2D eigenvalue weighted by Crippen LogP contribution is 2.14. The molecule has 13 heavy (non-hydrogen) atoms. The minimum Gasteiger partial charge on any atom is -0.303 e. The average molecular weight is 182 g/mol. The van der Waals surface area contributed by atoms with Crippen LogP contribution in [0.25, 0.3) is 0 Å². The lowest BCUT2D eigenvalue weighted by Crippen LogP contribution is -1.97.